The van der Waals surface area contributed by atoms with E-state index in [1.54, 1.807) is 0 Å². The highest BCUT2D eigenvalue weighted by Gasteiger charge is 2.30. The van der Waals surface area contributed by atoms with Gasteiger partial charge in [-0.1, -0.05) is 18.2 Å². The summed E-state index contributed by atoms with van der Waals surface area (Å²) in [5.74, 6) is 0.691. The molecule has 1 aliphatic rings. The molecule has 2 aromatic rings. The largest absolute Gasteiger partial charge is 0.324 e. The monoisotopic (exact) mass is 198 g/mol. The van der Waals surface area contributed by atoms with Gasteiger partial charge in [0, 0.05) is 17.6 Å². The van der Waals surface area contributed by atoms with E-state index >= 15 is 0 Å². The van der Waals surface area contributed by atoms with Crippen molar-refractivity contribution in [1.82, 2.24) is 4.98 Å². The third kappa shape index (κ3) is 1.51. The maximum Gasteiger partial charge on any atom is 0.0705 e. The van der Waals surface area contributed by atoms with Crippen LogP contribution < -0.4 is 5.73 Å². The Morgan fingerprint density at radius 2 is 2.00 bits per heavy atom. The molecule has 0 bridgehead atoms. The summed E-state index contributed by atoms with van der Waals surface area (Å²) in [6, 6.07) is 10.5. The van der Waals surface area contributed by atoms with Crippen LogP contribution in [0.1, 0.15) is 24.4 Å². The molecule has 76 valence electrons. The molecule has 1 aliphatic carbocycles. The molecule has 0 amide bonds. The standard InChI is InChI=1S/C13H14N2/c14-13(9-5-6-9)11-7-8-15-12-4-2-1-3-10(11)12/h1-4,7-9,13H,5-6,14H2/t13-/m0/s1. The molecule has 0 saturated heterocycles. The van der Waals surface area contributed by atoms with E-state index in [4.69, 9.17) is 5.73 Å². The summed E-state index contributed by atoms with van der Waals surface area (Å²) >= 11 is 0. The smallest absolute Gasteiger partial charge is 0.0705 e. The van der Waals surface area contributed by atoms with E-state index in [0.29, 0.717) is 5.92 Å². The number of benzene rings is 1. The zero-order valence-electron chi connectivity index (χ0n) is 8.56. The Morgan fingerprint density at radius 3 is 2.80 bits per heavy atom. The van der Waals surface area contributed by atoms with E-state index in [1.165, 1.54) is 23.8 Å². The third-order valence-electron chi connectivity index (χ3n) is 3.17. The normalized spacial score (nSPS) is 17.9. The minimum atomic E-state index is 0.192. The summed E-state index contributed by atoms with van der Waals surface area (Å²) in [6.07, 6.45) is 4.41. The summed E-state index contributed by atoms with van der Waals surface area (Å²) in [5, 5.41) is 1.21. The highest BCUT2D eigenvalue weighted by atomic mass is 14.7. The van der Waals surface area contributed by atoms with E-state index < -0.39 is 0 Å². The second kappa shape index (κ2) is 3.31. The number of para-hydroxylation sites is 1. The Morgan fingerprint density at radius 1 is 1.20 bits per heavy atom. The number of fused-ring (bicyclic) bond motifs is 1. The minimum absolute atomic E-state index is 0.192. The summed E-state index contributed by atoms with van der Waals surface area (Å²) < 4.78 is 0. The molecule has 3 rings (SSSR count). The third-order valence-corrected chi connectivity index (χ3v) is 3.17. The first-order valence-electron chi connectivity index (χ1n) is 5.45. The quantitative estimate of drug-likeness (QED) is 0.805. The van der Waals surface area contributed by atoms with E-state index in [2.05, 4.69) is 17.1 Å². The number of nitrogens with two attached hydrogens (primary N) is 1. The maximum atomic E-state index is 6.24. The molecule has 1 atom stereocenters. The van der Waals surface area contributed by atoms with Crippen LogP contribution in [0, 0.1) is 5.92 Å². The van der Waals surface area contributed by atoms with Gasteiger partial charge in [-0.25, -0.2) is 0 Å². The predicted molar refractivity (Wildman–Crippen MR) is 61.4 cm³/mol. The summed E-state index contributed by atoms with van der Waals surface area (Å²) in [6.45, 7) is 0. The molecule has 2 heteroatoms. The number of pyridine rings is 1. The molecule has 2 N–H and O–H groups in total. The van der Waals surface area contributed by atoms with Crippen molar-refractivity contribution >= 4 is 10.9 Å². The highest BCUT2D eigenvalue weighted by Crippen LogP contribution is 2.40. The molecule has 1 heterocycles. The van der Waals surface area contributed by atoms with E-state index in [0.717, 1.165) is 5.52 Å². The number of hydrogen-bond donors (Lipinski definition) is 1. The predicted octanol–water partition coefficient (Wildman–Crippen LogP) is 2.64. The first-order valence-corrected chi connectivity index (χ1v) is 5.45. The Kier molecular flexibility index (Phi) is 1.96. The van der Waals surface area contributed by atoms with Gasteiger partial charge in [0.1, 0.15) is 0 Å². The van der Waals surface area contributed by atoms with Gasteiger partial charge in [0.05, 0.1) is 5.52 Å². The molecule has 1 fully saturated rings. The molecule has 0 unspecified atom stereocenters. The van der Waals surface area contributed by atoms with Crippen LogP contribution in [0.15, 0.2) is 36.5 Å². The molecule has 1 aromatic carbocycles. The van der Waals surface area contributed by atoms with Crippen molar-refractivity contribution < 1.29 is 0 Å². The molecule has 1 aromatic heterocycles. The van der Waals surface area contributed by atoms with Gasteiger partial charge in [-0.05, 0) is 36.5 Å². The second-order valence-corrected chi connectivity index (χ2v) is 4.28. The highest BCUT2D eigenvalue weighted by molar-refractivity contribution is 5.82. The summed E-state index contributed by atoms with van der Waals surface area (Å²) in [5.41, 5.74) is 8.54. The van der Waals surface area contributed by atoms with Crippen LogP contribution in [0.4, 0.5) is 0 Å². The Labute approximate surface area is 89.1 Å². The first-order chi connectivity index (χ1) is 7.36. The maximum absolute atomic E-state index is 6.24. The number of rotatable bonds is 2. The van der Waals surface area contributed by atoms with Crippen LogP contribution in [-0.2, 0) is 0 Å². The van der Waals surface area contributed by atoms with Gasteiger partial charge in [-0.3, -0.25) is 4.98 Å². The molecule has 0 aliphatic heterocycles. The average molecular weight is 198 g/mol. The van der Waals surface area contributed by atoms with Gasteiger partial charge in [0.25, 0.3) is 0 Å². The SMILES string of the molecule is N[C@H](c1ccnc2ccccc12)C1CC1. The van der Waals surface area contributed by atoms with Crippen LogP contribution >= 0.6 is 0 Å². The molecule has 2 nitrogen and oxygen atoms in total. The average Bonchev–Trinajstić information content (AvgIpc) is 3.11. The van der Waals surface area contributed by atoms with Crippen molar-refractivity contribution in [3.63, 3.8) is 0 Å². The molecule has 0 spiro atoms. The number of nitrogens with zero attached hydrogens (tertiary/aromatic N) is 1. The van der Waals surface area contributed by atoms with Gasteiger partial charge >= 0.3 is 0 Å². The Hall–Kier alpha value is -1.41. The fourth-order valence-electron chi connectivity index (χ4n) is 2.12. The van der Waals surface area contributed by atoms with E-state index in [9.17, 15) is 0 Å². The van der Waals surface area contributed by atoms with Crippen molar-refractivity contribution in [2.24, 2.45) is 11.7 Å². The van der Waals surface area contributed by atoms with Crippen LogP contribution in [0.3, 0.4) is 0 Å². The van der Waals surface area contributed by atoms with Crippen molar-refractivity contribution in [2.45, 2.75) is 18.9 Å². The van der Waals surface area contributed by atoms with E-state index in [-0.39, 0.29) is 6.04 Å². The van der Waals surface area contributed by atoms with Crippen LogP contribution in [0.25, 0.3) is 10.9 Å². The van der Waals surface area contributed by atoms with Gasteiger partial charge in [-0.15, -0.1) is 0 Å². The van der Waals surface area contributed by atoms with E-state index in [1.807, 2.05) is 24.4 Å². The zero-order valence-corrected chi connectivity index (χ0v) is 8.56. The number of hydrogen-bond acceptors (Lipinski definition) is 2. The topological polar surface area (TPSA) is 38.9 Å². The lowest BCUT2D eigenvalue weighted by Crippen LogP contribution is -2.12. The van der Waals surface area contributed by atoms with Crippen molar-refractivity contribution in [3.05, 3.63) is 42.1 Å². The number of aromatic nitrogens is 1. The lowest BCUT2D eigenvalue weighted by Gasteiger charge is -2.12. The van der Waals surface area contributed by atoms with Crippen molar-refractivity contribution in [3.8, 4) is 0 Å². The first kappa shape index (κ1) is 8.86. The van der Waals surface area contributed by atoms with Gasteiger partial charge in [-0.2, -0.15) is 0 Å². The lowest BCUT2D eigenvalue weighted by atomic mass is 9.99. The van der Waals surface area contributed by atoms with Gasteiger partial charge < -0.3 is 5.73 Å². The fraction of sp³-hybridized carbons (Fsp3) is 0.308. The minimum Gasteiger partial charge on any atom is -0.324 e. The molecule has 15 heavy (non-hydrogen) atoms. The molecule has 0 radical (unpaired) electrons. The second-order valence-electron chi connectivity index (χ2n) is 4.28. The van der Waals surface area contributed by atoms with Gasteiger partial charge in [0.15, 0.2) is 0 Å². The molecule has 1 saturated carbocycles. The lowest BCUT2D eigenvalue weighted by molar-refractivity contribution is 0.638. The zero-order chi connectivity index (χ0) is 10.3. The van der Waals surface area contributed by atoms with Crippen LogP contribution in [0.2, 0.25) is 0 Å². The molecular formula is C13H14N2. The summed E-state index contributed by atoms with van der Waals surface area (Å²) in [4.78, 5) is 4.35. The van der Waals surface area contributed by atoms with Crippen LogP contribution in [-0.4, -0.2) is 4.98 Å². The Balaban J connectivity index is 2.16. The van der Waals surface area contributed by atoms with Crippen molar-refractivity contribution in [1.29, 1.82) is 0 Å². The van der Waals surface area contributed by atoms with Crippen LogP contribution in [0.5, 0.6) is 0 Å². The molecular weight excluding hydrogens is 184 g/mol. The summed E-state index contributed by atoms with van der Waals surface area (Å²) in [7, 11) is 0. The van der Waals surface area contributed by atoms with Gasteiger partial charge in [0.2, 0.25) is 0 Å². The fourth-order valence-corrected chi connectivity index (χ4v) is 2.12. The Bertz CT molecular complexity index is 483. The van der Waals surface area contributed by atoms with Crippen molar-refractivity contribution in [2.75, 3.05) is 0 Å².